The summed E-state index contributed by atoms with van der Waals surface area (Å²) in [4.78, 5) is 0. The van der Waals surface area contributed by atoms with Crippen LogP contribution in [-0.2, 0) is 6.61 Å². The van der Waals surface area contributed by atoms with E-state index in [2.05, 4.69) is 23.5 Å². The highest BCUT2D eigenvalue weighted by Gasteiger charge is 2.41. The molecule has 0 amide bonds. The lowest BCUT2D eigenvalue weighted by Crippen LogP contribution is -2.44. The van der Waals surface area contributed by atoms with Crippen LogP contribution in [0.2, 0.25) is 0 Å². The molecule has 5 rings (SSSR count). The Bertz CT molecular complexity index is 827. The third-order valence-corrected chi connectivity index (χ3v) is 7.50. The van der Waals surface area contributed by atoms with Crippen molar-refractivity contribution in [2.45, 2.75) is 76.4 Å². The predicted molar refractivity (Wildman–Crippen MR) is 116 cm³/mol. The van der Waals surface area contributed by atoms with Gasteiger partial charge in [0.15, 0.2) is 0 Å². The van der Waals surface area contributed by atoms with Crippen molar-refractivity contribution in [1.29, 1.82) is 0 Å². The van der Waals surface area contributed by atoms with Crippen LogP contribution in [0.25, 0.3) is 0 Å². The van der Waals surface area contributed by atoms with Crippen LogP contribution in [0.5, 0.6) is 5.75 Å². The minimum absolute atomic E-state index is 0.204. The molecule has 1 N–H and O–H groups in total. The number of nitrogens with one attached hydrogen (secondary N) is 1. The van der Waals surface area contributed by atoms with Crippen LogP contribution in [0.15, 0.2) is 42.5 Å². The zero-order valence-corrected chi connectivity index (χ0v) is 17.2. The standard InChI is InChI=1S/C26H32FNO/c27-20-12-10-18(11-13-20)17-29-21-14-15-25-24(16-21)22-8-4-5-9-23(22)26(28-25)19-6-2-1-3-7-19/h10-16,19,22-23,26,28H,1-9,17H2/t22-,23+,26+/m0/s1. The monoisotopic (exact) mass is 393 g/mol. The topological polar surface area (TPSA) is 21.3 Å². The van der Waals surface area contributed by atoms with Gasteiger partial charge in [0, 0.05) is 11.7 Å². The van der Waals surface area contributed by atoms with E-state index in [-0.39, 0.29) is 5.82 Å². The summed E-state index contributed by atoms with van der Waals surface area (Å²) in [5.74, 6) is 3.00. The SMILES string of the molecule is Fc1ccc(COc2ccc3c(c2)[C@H]2CCCC[C@H]2[C@@H](C2CCCCC2)N3)cc1. The smallest absolute Gasteiger partial charge is 0.123 e. The minimum Gasteiger partial charge on any atom is -0.489 e. The molecule has 2 fully saturated rings. The molecule has 0 radical (unpaired) electrons. The van der Waals surface area contributed by atoms with Crippen LogP contribution < -0.4 is 10.1 Å². The van der Waals surface area contributed by atoms with Gasteiger partial charge in [-0.05, 0) is 84.9 Å². The maximum Gasteiger partial charge on any atom is 0.123 e. The number of hydrogen-bond donors (Lipinski definition) is 1. The van der Waals surface area contributed by atoms with Crippen molar-refractivity contribution >= 4 is 5.69 Å². The van der Waals surface area contributed by atoms with Crippen molar-refractivity contribution in [2.24, 2.45) is 11.8 Å². The molecule has 2 aliphatic carbocycles. The van der Waals surface area contributed by atoms with Gasteiger partial charge in [-0.2, -0.15) is 0 Å². The molecule has 2 aromatic carbocycles. The average Bonchev–Trinajstić information content (AvgIpc) is 2.79. The molecule has 3 atom stereocenters. The van der Waals surface area contributed by atoms with E-state index in [9.17, 15) is 4.39 Å². The fraction of sp³-hybridized carbons (Fsp3) is 0.538. The molecule has 0 saturated heterocycles. The maximum absolute atomic E-state index is 13.1. The van der Waals surface area contributed by atoms with E-state index >= 15 is 0 Å². The molecule has 3 heteroatoms. The molecule has 0 unspecified atom stereocenters. The summed E-state index contributed by atoms with van der Waals surface area (Å²) in [6.07, 6.45) is 12.4. The molecule has 0 aromatic heterocycles. The highest BCUT2D eigenvalue weighted by molar-refractivity contribution is 5.59. The Morgan fingerprint density at radius 2 is 1.62 bits per heavy atom. The van der Waals surface area contributed by atoms with E-state index in [4.69, 9.17) is 4.74 Å². The largest absolute Gasteiger partial charge is 0.489 e. The molecule has 1 aliphatic heterocycles. The van der Waals surface area contributed by atoms with E-state index in [1.165, 1.54) is 81.2 Å². The van der Waals surface area contributed by atoms with Gasteiger partial charge < -0.3 is 10.1 Å². The first-order valence-electron chi connectivity index (χ1n) is 11.6. The van der Waals surface area contributed by atoms with Gasteiger partial charge in [0.25, 0.3) is 0 Å². The Morgan fingerprint density at radius 3 is 2.45 bits per heavy atom. The summed E-state index contributed by atoms with van der Waals surface area (Å²) >= 11 is 0. The first-order chi connectivity index (χ1) is 14.3. The molecule has 2 saturated carbocycles. The first-order valence-corrected chi connectivity index (χ1v) is 11.6. The lowest BCUT2D eigenvalue weighted by molar-refractivity contribution is 0.188. The maximum atomic E-state index is 13.1. The van der Waals surface area contributed by atoms with Gasteiger partial charge in [-0.25, -0.2) is 4.39 Å². The van der Waals surface area contributed by atoms with E-state index in [1.54, 1.807) is 12.1 Å². The Balaban J connectivity index is 1.36. The Hall–Kier alpha value is -2.03. The summed E-state index contributed by atoms with van der Waals surface area (Å²) in [5, 5.41) is 3.98. The molecule has 0 spiro atoms. The quantitative estimate of drug-likeness (QED) is 0.601. The van der Waals surface area contributed by atoms with Crippen LogP contribution >= 0.6 is 0 Å². The molecule has 1 heterocycles. The number of hydrogen-bond acceptors (Lipinski definition) is 2. The van der Waals surface area contributed by atoms with Crippen LogP contribution in [-0.4, -0.2) is 6.04 Å². The van der Waals surface area contributed by atoms with Crippen molar-refractivity contribution in [3.8, 4) is 5.75 Å². The van der Waals surface area contributed by atoms with Crippen LogP contribution in [0.4, 0.5) is 10.1 Å². The average molecular weight is 394 g/mol. The molecular weight excluding hydrogens is 361 g/mol. The van der Waals surface area contributed by atoms with Gasteiger partial charge in [-0.15, -0.1) is 0 Å². The first kappa shape index (κ1) is 19.0. The Labute approximate surface area is 173 Å². The molecule has 29 heavy (non-hydrogen) atoms. The zero-order valence-electron chi connectivity index (χ0n) is 17.2. The van der Waals surface area contributed by atoms with Crippen molar-refractivity contribution in [3.63, 3.8) is 0 Å². The predicted octanol–water partition coefficient (Wildman–Crippen LogP) is 7.05. The number of anilines is 1. The molecule has 3 aliphatic rings. The zero-order chi connectivity index (χ0) is 19.6. The number of ether oxygens (including phenoxy) is 1. The summed E-state index contributed by atoms with van der Waals surface area (Å²) in [6.45, 7) is 0.477. The minimum atomic E-state index is -0.204. The second kappa shape index (κ2) is 8.38. The Morgan fingerprint density at radius 1 is 0.862 bits per heavy atom. The molecule has 2 nitrogen and oxygen atoms in total. The van der Waals surface area contributed by atoms with Gasteiger partial charge in [0.2, 0.25) is 0 Å². The van der Waals surface area contributed by atoms with Gasteiger partial charge in [-0.1, -0.05) is 44.2 Å². The fourth-order valence-electron chi connectivity index (χ4n) is 6.04. The van der Waals surface area contributed by atoms with E-state index in [0.717, 1.165) is 23.1 Å². The highest BCUT2D eigenvalue weighted by atomic mass is 19.1. The fourth-order valence-corrected chi connectivity index (χ4v) is 6.04. The summed E-state index contributed by atoms with van der Waals surface area (Å²) in [7, 11) is 0. The summed E-state index contributed by atoms with van der Waals surface area (Å²) < 4.78 is 19.2. The van der Waals surface area contributed by atoms with Gasteiger partial charge in [-0.3, -0.25) is 0 Å². The van der Waals surface area contributed by atoms with Crippen LogP contribution in [0.3, 0.4) is 0 Å². The molecule has 0 bridgehead atoms. The third-order valence-electron chi connectivity index (χ3n) is 7.50. The van der Waals surface area contributed by atoms with Crippen LogP contribution in [0.1, 0.15) is 74.8 Å². The van der Waals surface area contributed by atoms with Crippen molar-refractivity contribution in [1.82, 2.24) is 0 Å². The number of rotatable bonds is 4. The van der Waals surface area contributed by atoms with Crippen molar-refractivity contribution < 1.29 is 9.13 Å². The van der Waals surface area contributed by atoms with Gasteiger partial charge in [0.1, 0.15) is 18.2 Å². The molecular formula is C26H32FNO. The number of benzene rings is 2. The Kier molecular flexibility index (Phi) is 5.48. The van der Waals surface area contributed by atoms with Crippen molar-refractivity contribution in [2.75, 3.05) is 5.32 Å². The normalized spacial score (nSPS) is 26.9. The number of halogens is 1. The lowest BCUT2D eigenvalue weighted by atomic mass is 9.65. The van der Waals surface area contributed by atoms with Crippen molar-refractivity contribution in [3.05, 3.63) is 59.4 Å². The summed E-state index contributed by atoms with van der Waals surface area (Å²) in [5.41, 5.74) is 3.78. The second-order valence-corrected chi connectivity index (χ2v) is 9.29. The lowest BCUT2D eigenvalue weighted by Gasteiger charge is -2.47. The van der Waals surface area contributed by atoms with E-state index in [1.807, 2.05) is 0 Å². The number of fused-ring (bicyclic) bond motifs is 3. The third kappa shape index (κ3) is 4.01. The van der Waals surface area contributed by atoms with Gasteiger partial charge >= 0.3 is 0 Å². The highest BCUT2D eigenvalue weighted by Crippen LogP contribution is 2.50. The van der Waals surface area contributed by atoms with Gasteiger partial charge in [0.05, 0.1) is 0 Å². The molecule has 2 aromatic rings. The van der Waals surface area contributed by atoms with E-state index in [0.29, 0.717) is 18.6 Å². The van der Waals surface area contributed by atoms with Crippen LogP contribution in [0, 0.1) is 17.7 Å². The summed E-state index contributed by atoms with van der Waals surface area (Å²) in [6, 6.07) is 13.8. The second-order valence-electron chi connectivity index (χ2n) is 9.29. The van der Waals surface area contributed by atoms with E-state index < -0.39 is 0 Å². The molecule has 154 valence electrons.